The van der Waals surface area contributed by atoms with Crippen LogP contribution in [0.15, 0.2) is 21.6 Å². The molecule has 1 aromatic rings. The van der Waals surface area contributed by atoms with Gasteiger partial charge in [0.05, 0.1) is 11.5 Å². The average molecular weight is 228 g/mol. The maximum Gasteiger partial charge on any atom is 0.247 e. The fourth-order valence-corrected chi connectivity index (χ4v) is 2.28. The maximum atomic E-state index is 11.5. The van der Waals surface area contributed by atoms with Crippen LogP contribution < -0.4 is 11.3 Å². The topological polar surface area (TPSA) is 68.3 Å². The third-order valence-electron chi connectivity index (χ3n) is 2.07. The van der Waals surface area contributed by atoms with Crippen molar-refractivity contribution in [1.82, 2.24) is 5.43 Å². The van der Waals surface area contributed by atoms with Crippen LogP contribution in [0, 0.1) is 12.8 Å². The van der Waals surface area contributed by atoms with Crippen LogP contribution in [0.1, 0.15) is 19.6 Å². The lowest BCUT2D eigenvalue weighted by Gasteiger charge is -2.17. The Morgan fingerprint density at radius 2 is 2.27 bits per heavy atom. The van der Waals surface area contributed by atoms with E-state index in [4.69, 9.17) is 10.3 Å². The molecule has 1 amide bonds. The third-order valence-corrected chi connectivity index (χ3v) is 3.76. The highest BCUT2D eigenvalue weighted by Gasteiger charge is 2.23. The molecule has 1 atom stereocenters. The Morgan fingerprint density at radius 3 is 2.67 bits per heavy atom. The predicted octanol–water partition coefficient (Wildman–Crippen LogP) is 1.69. The molecule has 0 fully saturated rings. The Hall–Kier alpha value is -0.940. The van der Waals surface area contributed by atoms with Crippen molar-refractivity contribution in [2.75, 3.05) is 0 Å². The van der Waals surface area contributed by atoms with E-state index in [1.807, 2.05) is 26.8 Å². The molecular formula is C10H16N2O2S. The average Bonchev–Trinajstić information content (AvgIpc) is 2.59. The van der Waals surface area contributed by atoms with E-state index in [9.17, 15) is 4.79 Å². The van der Waals surface area contributed by atoms with Crippen molar-refractivity contribution >= 4 is 17.7 Å². The summed E-state index contributed by atoms with van der Waals surface area (Å²) >= 11 is 1.48. The van der Waals surface area contributed by atoms with E-state index < -0.39 is 0 Å². The predicted molar refractivity (Wildman–Crippen MR) is 60.3 cm³/mol. The number of aryl methyl sites for hydroxylation is 1. The first-order valence-electron chi connectivity index (χ1n) is 4.77. The van der Waals surface area contributed by atoms with Gasteiger partial charge in [-0.2, -0.15) is 0 Å². The smallest absolute Gasteiger partial charge is 0.247 e. The Labute approximate surface area is 93.6 Å². The van der Waals surface area contributed by atoms with Crippen LogP contribution in [0.5, 0.6) is 0 Å². The van der Waals surface area contributed by atoms with Gasteiger partial charge in [0, 0.05) is 4.90 Å². The molecule has 3 N–H and O–H groups in total. The second kappa shape index (κ2) is 5.23. The van der Waals surface area contributed by atoms with Crippen LogP contribution in [0.3, 0.4) is 0 Å². The van der Waals surface area contributed by atoms with E-state index in [2.05, 4.69) is 5.43 Å². The number of carbonyl (C=O) groups excluding carboxylic acids is 1. The normalized spacial score (nSPS) is 12.9. The lowest BCUT2D eigenvalue weighted by molar-refractivity contribution is -0.121. The molecule has 1 unspecified atom stereocenters. The molecular weight excluding hydrogens is 212 g/mol. The first-order valence-corrected chi connectivity index (χ1v) is 5.65. The number of carbonyl (C=O) groups is 1. The molecule has 0 aliphatic carbocycles. The number of hydrazine groups is 1. The molecule has 1 aromatic heterocycles. The molecule has 0 spiro atoms. The zero-order valence-electron chi connectivity index (χ0n) is 9.11. The highest BCUT2D eigenvalue weighted by Crippen LogP contribution is 2.31. The molecule has 1 heterocycles. The van der Waals surface area contributed by atoms with E-state index >= 15 is 0 Å². The number of amides is 1. The molecule has 84 valence electrons. The first-order chi connectivity index (χ1) is 7.06. The van der Waals surface area contributed by atoms with Gasteiger partial charge in [-0.1, -0.05) is 13.8 Å². The number of furan rings is 1. The number of nitrogens with one attached hydrogen (secondary N) is 1. The summed E-state index contributed by atoms with van der Waals surface area (Å²) in [6.45, 7) is 5.85. The number of thioether (sulfide) groups is 1. The fourth-order valence-electron chi connectivity index (χ4n) is 1.21. The molecule has 5 heteroatoms. The Morgan fingerprint density at radius 1 is 1.60 bits per heavy atom. The number of hydrogen-bond donors (Lipinski definition) is 2. The Bertz CT molecular complexity index is 336. The Kier molecular flexibility index (Phi) is 4.23. The fraction of sp³-hybridized carbons (Fsp3) is 0.500. The van der Waals surface area contributed by atoms with E-state index in [1.54, 1.807) is 6.26 Å². The lowest BCUT2D eigenvalue weighted by Crippen LogP contribution is -2.39. The lowest BCUT2D eigenvalue weighted by atomic mass is 10.1. The van der Waals surface area contributed by atoms with Gasteiger partial charge in [-0.25, -0.2) is 5.84 Å². The van der Waals surface area contributed by atoms with Gasteiger partial charge in [-0.15, -0.1) is 11.8 Å². The van der Waals surface area contributed by atoms with Crippen LogP contribution in [0.25, 0.3) is 0 Å². The standard InChI is InChI=1S/C10H16N2O2S/c1-6(2)9(10(13)12-11)15-8-4-5-14-7(8)3/h4-6,9H,11H2,1-3H3,(H,12,13). The van der Waals surface area contributed by atoms with E-state index in [0.29, 0.717) is 0 Å². The Balaban J connectivity index is 2.76. The first kappa shape index (κ1) is 12.1. The van der Waals surface area contributed by atoms with E-state index in [-0.39, 0.29) is 17.1 Å². The van der Waals surface area contributed by atoms with Crippen LogP contribution in [-0.4, -0.2) is 11.2 Å². The van der Waals surface area contributed by atoms with Crippen molar-refractivity contribution in [3.63, 3.8) is 0 Å². The summed E-state index contributed by atoms with van der Waals surface area (Å²) in [5.41, 5.74) is 2.19. The van der Waals surface area contributed by atoms with Crippen LogP contribution >= 0.6 is 11.8 Å². The van der Waals surface area contributed by atoms with Crippen molar-refractivity contribution in [1.29, 1.82) is 0 Å². The zero-order valence-corrected chi connectivity index (χ0v) is 9.93. The second-order valence-electron chi connectivity index (χ2n) is 3.63. The minimum Gasteiger partial charge on any atom is -0.468 e. The molecule has 0 aromatic carbocycles. The van der Waals surface area contributed by atoms with Gasteiger partial charge in [0.1, 0.15) is 5.76 Å². The molecule has 4 nitrogen and oxygen atoms in total. The SMILES string of the molecule is Cc1occc1SC(C(=O)NN)C(C)C. The number of rotatable bonds is 4. The summed E-state index contributed by atoms with van der Waals surface area (Å²) in [5, 5.41) is -0.189. The summed E-state index contributed by atoms with van der Waals surface area (Å²) in [4.78, 5) is 12.5. The van der Waals surface area contributed by atoms with Gasteiger partial charge in [0.25, 0.3) is 0 Å². The van der Waals surface area contributed by atoms with Crippen molar-refractivity contribution < 1.29 is 9.21 Å². The third kappa shape index (κ3) is 3.00. The molecule has 0 radical (unpaired) electrons. The maximum absolute atomic E-state index is 11.5. The summed E-state index contributed by atoms with van der Waals surface area (Å²) < 4.78 is 5.17. The summed E-state index contributed by atoms with van der Waals surface area (Å²) in [7, 11) is 0. The van der Waals surface area contributed by atoms with Crippen molar-refractivity contribution in [2.45, 2.75) is 30.9 Å². The zero-order chi connectivity index (χ0) is 11.4. The van der Waals surface area contributed by atoms with Crippen LogP contribution in [0.2, 0.25) is 0 Å². The number of nitrogens with two attached hydrogens (primary N) is 1. The van der Waals surface area contributed by atoms with Crippen molar-refractivity contribution in [3.05, 3.63) is 18.1 Å². The van der Waals surface area contributed by atoms with E-state index in [0.717, 1.165) is 10.7 Å². The van der Waals surface area contributed by atoms with Gasteiger partial charge < -0.3 is 4.42 Å². The monoisotopic (exact) mass is 228 g/mol. The molecule has 0 saturated carbocycles. The molecule has 0 aliphatic heterocycles. The van der Waals surface area contributed by atoms with Crippen molar-refractivity contribution in [3.8, 4) is 0 Å². The van der Waals surface area contributed by atoms with Crippen molar-refractivity contribution in [2.24, 2.45) is 11.8 Å². The minimum absolute atomic E-state index is 0.157. The van der Waals surface area contributed by atoms with Gasteiger partial charge in [-0.05, 0) is 18.9 Å². The van der Waals surface area contributed by atoms with Gasteiger partial charge in [0.2, 0.25) is 5.91 Å². The summed E-state index contributed by atoms with van der Waals surface area (Å²) in [6.07, 6.45) is 1.62. The van der Waals surface area contributed by atoms with Gasteiger partial charge in [-0.3, -0.25) is 10.2 Å². The molecule has 0 bridgehead atoms. The van der Waals surface area contributed by atoms with Crippen LogP contribution in [-0.2, 0) is 4.79 Å². The summed E-state index contributed by atoms with van der Waals surface area (Å²) in [5.74, 6) is 6.03. The minimum atomic E-state index is -0.189. The van der Waals surface area contributed by atoms with E-state index in [1.165, 1.54) is 11.8 Å². The second-order valence-corrected chi connectivity index (χ2v) is 4.82. The van der Waals surface area contributed by atoms with Gasteiger partial charge >= 0.3 is 0 Å². The highest BCUT2D eigenvalue weighted by atomic mass is 32.2. The molecule has 0 saturated heterocycles. The highest BCUT2D eigenvalue weighted by molar-refractivity contribution is 8.00. The number of hydrogen-bond acceptors (Lipinski definition) is 4. The summed E-state index contributed by atoms with van der Waals surface area (Å²) in [6, 6.07) is 1.86. The molecule has 15 heavy (non-hydrogen) atoms. The van der Waals surface area contributed by atoms with Gasteiger partial charge in [0.15, 0.2) is 0 Å². The molecule has 1 rings (SSSR count). The quantitative estimate of drug-likeness (QED) is 0.356. The largest absolute Gasteiger partial charge is 0.468 e. The van der Waals surface area contributed by atoms with Crippen LogP contribution in [0.4, 0.5) is 0 Å². The molecule has 0 aliphatic rings.